The van der Waals surface area contributed by atoms with Crippen molar-refractivity contribution in [3.8, 4) is 0 Å². The van der Waals surface area contributed by atoms with E-state index >= 15 is 0 Å². The van der Waals surface area contributed by atoms with Crippen molar-refractivity contribution < 1.29 is 32.3 Å². The first kappa shape index (κ1) is 15.3. The van der Waals surface area contributed by atoms with Crippen molar-refractivity contribution in [2.75, 3.05) is 0 Å². The highest BCUT2D eigenvalue weighted by Gasteiger charge is 2.48. The van der Waals surface area contributed by atoms with Gasteiger partial charge in [-0.1, -0.05) is 6.07 Å². The molecule has 1 aliphatic rings. The fraction of sp³-hybridized carbons (Fsp3) is 0.385. The maximum Gasteiger partial charge on any atom is 0.416 e. The van der Waals surface area contributed by atoms with Crippen LogP contribution < -0.4 is 5.32 Å². The molecule has 1 aliphatic carbocycles. The van der Waals surface area contributed by atoms with Gasteiger partial charge in [0.15, 0.2) is 0 Å². The van der Waals surface area contributed by atoms with Gasteiger partial charge in [0.05, 0.1) is 17.4 Å². The van der Waals surface area contributed by atoms with Gasteiger partial charge in [0.1, 0.15) is 5.82 Å². The summed E-state index contributed by atoms with van der Waals surface area (Å²) in [4.78, 5) is 22.2. The van der Waals surface area contributed by atoms with E-state index in [0.717, 1.165) is 12.1 Å². The minimum absolute atomic E-state index is 0.177. The number of aliphatic carboxylic acids is 1. The third-order valence-electron chi connectivity index (χ3n) is 3.27. The van der Waals surface area contributed by atoms with E-state index in [1.54, 1.807) is 0 Å². The molecule has 1 fully saturated rings. The van der Waals surface area contributed by atoms with E-state index in [1.807, 2.05) is 0 Å². The molecule has 2 atom stereocenters. The van der Waals surface area contributed by atoms with Crippen LogP contribution in [0.4, 0.5) is 17.6 Å². The van der Waals surface area contributed by atoms with Crippen molar-refractivity contribution in [1.29, 1.82) is 0 Å². The van der Waals surface area contributed by atoms with Crippen LogP contribution >= 0.6 is 0 Å². The largest absolute Gasteiger partial charge is 0.481 e. The van der Waals surface area contributed by atoms with Crippen LogP contribution in [-0.2, 0) is 22.3 Å². The number of hydrogen-bond donors (Lipinski definition) is 2. The molecule has 1 saturated carbocycles. The Hall–Kier alpha value is -2.12. The summed E-state index contributed by atoms with van der Waals surface area (Å²) in [6, 6.07) is 2.17. The lowest BCUT2D eigenvalue weighted by atomic mass is 10.1. The molecule has 0 radical (unpaired) electrons. The lowest BCUT2D eigenvalue weighted by Crippen LogP contribution is -2.27. The Balaban J connectivity index is 2.04. The van der Waals surface area contributed by atoms with Crippen molar-refractivity contribution in [2.45, 2.75) is 19.1 Å². The number of carbonyl (C=O) groups excluding carboxylic acids is 1. The second-order valence-corrected chi connectivity index (χ2v) is 4.80. The minimum atomic E-state index is -4.73. The van der Waals surface area contributed by atoms with Gasteiger partial charge in [-0.2, -0.15) is 13.2 Å². The summed E-state index contributed by atoms with van der Waals surface area (Å²) in [5, 5.41) is 10.9. The topological polar surface area (TPSA) is 66.4 Å². The van der Waals surface area contributed by atoms with Gasteiger partial charge in [0.2, 0.25) is 5.91 Å². The van der Waals surface area contributed by atoms with E-state index in [4.69, 9.17) is 5.11 Å². The first-order valence-electron chi connectivity index (χ1n) is 6.06. The van der Waals surface area contributed by atoms with Gasteiger partial charge in [0.25, 0.3) is 0 Å². The highest BCUT2D eigenvalue weighted by atomic mass is 19.4. The van der Waals surface area contributed by atoms with Crippen LogP contribution in [0.2, 0.25) is 0 Å². The Morgan fingerprint density at radius 1 is 1.29 bits per heavy atom. The Kier molecular flexibility index (Phi) is 3.89. The van der Waals surface area contributed by atoms with Crippen molar-refractivity contribution in [3.63, 3.8) is 0 Å². The van der Waals surface area contributed by atoms with Crippen LogP contribution in [0.5, 0.6) is 0 Å². The summed E-state index contributed by atoms with van der Waals surface area (Å²) >= 11 is 0. The van der Waals surface area contributed by atoms with Gasteiger partial charge in [-0.15, -0.1) is 0 Å². The maximum atomic E-state index is 12.9. The second kappa shape index (κ2) is 5.34. The number of carbonyl (C=O) groups is 2. The van der Waals surface area contributed by atoms with E-state index in [-0.39, 0.29) is 12.0 Å². The van der Waals surface area contributed by atoms with Gasteiger partial charge < -0.3 is 10.4 Å². The maximum absolute atomic E-state index is 12.9. The fourth-order valence-electron chi connectivity index (χ4n) is 2.04. The number of rotatable bonds is 4. The molecule has 0 aromatic heterocycles. The highest BCUT2D eigenvalue weighted by molar-refractivity contribution is 5.89. The van der Waals surface area contributed by atoms with Gasteiger partial charge in [-0.05, 0) is 24.1 Å². The lowest BCUT2D eigenvalue weighted by molar-refractivity contribution is -0.140. The number of hydrogen-bond acceptors (Lipinski definition) is 2. The van der Waals surface area contributed by atoms with E-state index in [0.29, 0.717) is 6.07 Å². The molecule has 2 rings (SSSR count). The van der Waals surface area contributed by atoms with E-state index in [1.165, 1.54) is 0 Å². The normalized spacial score (nSPS) is 21.0. The number of benzene rings is 1. The number of carboxylic acid groups (broad SMARTS) is 1. The summed E-state index contributed by atoms with van der Waals surface area (Å²) in [5.74, 6) is -4.23. The summed E-state index contributed by atoms with van der Waals surface area (Å²) in [6.45, 7) is -0.434. The lowest BCUT2D eigenvalue weighted by Gasteiger charge is -2.13. The van der Waals surface area contributed by atoms with Gasteiger partial charge >= 0.3 is 12.1 Å². The molecule has 1 amide bonds. The fourth-order valence-corrected chi connectivity index (χ4v) is 2.04. The Bertz CT molecular complexity index is 585. The molecular formula is C13H11F4NO3. The third kappa shape index (κ3) is 3.50. The number of halogens is 4. The molecule has 114 valence electrons. The van der Waals surface area contributed by atoms with E-state index in [2.05, 4.69) is 5.32 Å². The van der Waals surface area contributed by atoms with Gasteiger partial charge in [-0.3, -0.25) is 9.59 Å². The highest BCUT2D eigenvalue weighted by Crippen LogP contribution is 2.39. The van der Waals surface area contributed by atoms with Crippen LogP contribution in [0.15, 0.2) is 18.2 Å². The Morgan fingerprint density at radius 3 is 2.48 bits per heavy atom. The SMILES string of the molecule is O=C(NCc1ccc(F)cc1C(F)(F)F)[C@H]1C[C@H]1C(=O)O. The van der Waals surface area contributed by atoms with Gasteiger partial charge in [-0.25, -0.2) is 4.39 Å². The standard InChI is InChI=1S/C13H11F4NO3/c14-7-2-1-6(10(3-7)13(15,16)17)5-18-11(19)8-4-9(8)12(20)21/h1-3,8-9H,4-5H2,(H,18,19)(H,20,21)/t8-,9+/m0/s1. The first-order valence-corrected chi connectivity index (χ1v) is 6.06. The molecule has 4 nitrogen and oxygen atoms in total. The van der Waals surface area contributed by atoms with Crippen molar-refractivity contribution in [2.24, 2.45) is 11.8 Å². The molecule has 8 heteroatoms. The number of alkyl halides is 3. The molecule has 0 heterocycles. The molecule has 0 spiro atoms. The molecule has 0 aliphatic heterocycles. The van der Waals surface area contributed by atoms with Crippen LogP contribution in [0.1, 0.15) is 17.5 Å². The first-order chi connectivity index (χ1) is 9.70. The van der Waals surface area contributed by atoms with Gasteiger partial charge in [0, 0.05) is 6.54 Å². The number of amides is 1. The second-order valence-electron chi connectivity index (χ2n) is 4.80. The summed E-state index contributed by atoms with van der Waals surface area (Å²) < 4.78 is 51.1. The Morgan fingerprint density at radius 2 is 1.95 bits per heavy atom. The zero-order chi connectivity index (χ0) is 15.8. The molecule has 0 unspecified atom stereocenters. The van der Waals surface area contributed by atoms with Crippen molar-refractivity contribution in [3.05, 3.63) is 35.1 Å². The van der Waals surface area contributed by atoms with Crippen LogP contribution in [0.3, 0.4) is 0 Å². The predicted molar refractivity (Wildman–Crippen MR) is 62.5 cm³/mol. The summed E-state index contributed by atoms with van der Waals surface area (Å²) in [6.07, 6.45) is -4.55. The Labute approximate surface area is 116 Å². The average molecular weight is 305 g/mol. The summed E-state index contributed by atoms with van der Waals surface area (Å²) in [5.41, 5.74) is -1.43. The van der Waals surface area contributed by atoms with Crippen LogP contribution in [-0.4, -0.2) is 17.0 Å². The molecule has 2 N–H and O–H groups in total. The number of nitrogens with one attached hydrogen (secondary N) is 1. The monoisotopic (exact) mass is 305 g/mol. The zero-order valence-corrected chi connectivity index (χ0v) is 10.6. The smallest absolute Gasteiger partial charge is 0.416 e. The zero-order valence-electron chi connectivity index (χ0n) is 10.6. The molecule has 1 aromatic carbocycles. The number of carboxylic acids is 1. The third-order valence-corrected chi connectivity index (χ3v) is 3.27. The van der Waals surface area contributed by atoms with Crippen LogP contribution in [0, 0.1) is 17.7 Å². The quantitative estimate of drug-likeness (QED) is 0.838. The molecule has 21 heavy (non-hydrogen) atoms. The molecule has 0 saturated heterocycles. The van der Waals surface area contributed by atoms with Crippen LogP contribution in [0.25, 0.3) is 0 Å². The minimum Gasteiger partial charge on any atom is -0.481 e. The average Bonchev–Trinajstić information content (AvgIpc) is 3.16. The molecular weight excluding hydrogens is 294 g/mol. The van der Waals surface area contributed by atoms with Crippen molar-refractivity contribution >= 4 is 11.9 Å². The molecule has 1 aromatic rings. The molecule has 0 bridgehead atoms. The predicted octanol–water partition coefficient (Wildman–Crippen LogP) is 2.18. The van der Waals surface area contributed by atoms with E-state index in [9.17, 15) is 27.2 Å². The van der Waals surface area contributed by atoms with E-state index < -0.39 is 47.8 Å². The van der Waals surface area contributed by atoms with Crippen molar-refractivity contribution in [1.82, 2.24) is 5.32 Å². The summed E-state index contributed by atoms with van der Waals surface area (Å²) in [7, 11) is 0.